The van der Waals surface area contributed by atoms with Crippen molar-refractivity contribution in [1.82, 2.24) is 0 Å². The number of rotatable bonds is 10. The van der Waals surface area contributed by atoms with Crippen LogP contribution in [-0.2, 0) is 0 Å². The van der Waals surface area contributed by atoms with Gasteiger partial charge in [-0.25, -0.2) is 0 Å². The number of hydrogen-bond donors (Lipinski definition) is 4. The van der Waals surface area contributed by atoms with E-state index < -0.39 is 12.2 Å². The Labute approximate surface area is 150 Å². The van der Waals surface area contributed by atoms with E-state index in [1.165, 1.54) is 0 Å². The third-order valence-corrected chi connectivity index (χ3v) is 4.21. The first kappa shape index (κ1) is 19.6. The smallest absolute Gasteiger partial charge is 0.119 e. The quantitative estimate of drug-likeness (QED) is 0.503. The predicted octanol–water partition coefficient (Wildman–Crippen LogP) is 1.30. The van der Waals surface area contributed by atoms with E-state index >= 15 is 0 Å². The van der Waals surface area contributed by atoms with E-state index in [4.69, 9.17) is 19.7 Å². The van der Waals surface area contributed by atoms with Gasteiger partial charge < -0.3 is 29.9 Å². The lowest BCUT2D eigenvalue weighted by Crippen LogP contribution is -2.21. The van der Waals surface area contributed by atoms with Gasteiger partial charge in [-0.3, -0.25) is 0 Å². The Kier molecular flexibility index (Phi) is 8.03. The van der Waals surface area contributed by atoms with Crippen molar-refractivity contribution in [2.24, 2.45) is 0 Å². The second-order valence-corrected chi connectivity index (χ2v) is 6.49. The normalized spacial score (nSPS) is 13.3. The van der Waals surface area contributed by atoms with Crippen LogP contribution in [0.2, 0.25) is 0 Å². The lowest BCUT2D eigenvalue weighted by Gasteiger charge is -2.11. The first-order valence-electron chi connectivity index (χ1n) is 7.82. The molecule has 0 saturated carbocycles. The molecule has 0 fully saturated rings. The molecule has 136 valence electrons. The van der Waals surface area contributed by atoms with Gasteiger partial charge in [0.25, 0.3) is 0 Å². The van der Waals surface area contributed by atoms with Gasteiger partial charge in [0.1, 0.15) is 36.9 Å². The topological polar surface area (TPSA) is 99.4 Å². The van der Waals surface area contributed by atoms with Crippen LogP contribution in [0, 0.1) is 0 Å². The third kappa shape index (κ3) is 6.93. The molecule has 4 N–H and O–H groups in total. The van der Waals surface area contributed by atoms with Crippen LogP contribution in [0.25, 0.3) is 0 Å². The van der Waals surface area contributed by atoms with Gasteiger partial charge in [0.15, 0.2) is 0 Å². The Bertz CT molecular complexity index is 561. The highest BCUT2D eigenvalue weighted by atomic mass is 32.2. The fourth-order valence-electron chi connectivity index (χ4n) is 1.83. The van der Waals surface area contributed by atoms with Crippen LogP contribution in [0.5, 0.6) is 11.5 Å². The number of aliphatic hydroxyl groups is 4. The largest absolute Gasteiger partial charge is 0.491 e. The zero-order valence-corrected chi connectivity index (χ0v) is 14.4. The van der Waals surface area contributed by atoms with Crippen LogP contribution < -0.4 is 9.47 Å². The Hall–Kier alpha value is -1.77. The number of benzene rings is 2. The Morgan fingerprint density at radius 3 is 1.36 bits per heavy atom. The molecule has 6 nitrogen and oxygen atoms in total. The molecule has 0 amide bonds. The molecule has 0 aliphatic heterocycles. The molecule has 0 aliphatic carbocycles. The monoisotopic (exact) mass is 366 g/mol. The first-order valence-corrected chi connectivity index (χ1v) is 8.63. The van der Waals surface area contributed by atoms with Crippen molar-refractivity contribution in [3.05, 3.63) is 48.5 Å². The van der Waals surface area contributed by atoms with Crippen LogP contribution in [0.1, 0.15) is 0 Å². The molecule has 0 aliphatic rings. The van der Waals surface area contributed by atoms with Gasteiger partial charge in [0.05, 0.1) is 13.2 Å². The van der Waals surface area contributed by atoms with Crippen LogP contribution >= 0.6 is 11.8 Å². The van der Waals surface area contributed by atoms with E-state index in [1.807, 2.05) is 24.3 Å². The molecule has 0 heterocycles. The highest BCUT2D eigenvalue weighted by Crippen LogP contribution is 2.30. The van der Waals surface area contributed by atoms with Gasteiger partial charge in [-0.15, -0.1) is 0 Å². The molecule has 0 spiro atoms. The highest BCUT2D eigenvalue weighted by Gasteiger charge is 2.05. The van der Waals surface area contributed by atoms with E-state index in [0.29, 0.717) is 11.5 Å². The van der Waals surface area contributed by atoms with E-state index in [9.17, 15) is 10.2 Å². The lowest BCUT2D eigenvalue weighted by atomic mass is 10.3. The van der Waals surface area contributed by atoms with Crippen molar-refractivity contribution in [1.29, 1.82) is 0 Å². The second-order valence-electron chi connectivity index (χ2n) is 5.34. The van der Waals surface area contributed by atoms with Gasteiger partial charge in [0.2, 0.25) is 0 Å². The summed E-state index contributed by atoms with van der Waals surface area (Å²) in [5.74, 6) is 1.26. The molecule has 2 aromatic carbocycles. The van der Waals surface area contributed by atoms with Gasteiger partial charge >= 0.3 is 0 Å². The summed E-state index contributed by atoms with van der Waals surface area (Å²) in [5, 5.41) is 36.0. The molecule has 2 atom stereocenters. The minimum absolute atomic E-state index is 0.0510. The van der Waals surface area contributed by atoms with Crippen LogP contribution in [0.3, 0.4) is 0 Å². The number of ether oxygens (including phenoxy) is 2. The maximum atomic E-state index is 9.26. The molecule has 0 radical (unpaired) electrons. The van der Waals surface area contributed by atoms with Gasteiger partial charge in [-0.2, -0.15) is 0 Å². The molecule has 0 aromatic heterocycles. The minimum atomic E-state index is -0.881. The molecule has 2 aromatic rings. The van der Waals surface area contributed by atoms with Crippen LogP contribution in [0.15, 0.2) is 58.3 Å². The van der Waals surface area contributed by atoms with Crippen molar-refractivity contribution in [2.75, 3.05) is 26.4 Å². The molecule has 25 heavy (non-hydrogen) atoms. The van der Waals surface area contributed by atoms with Crippen molar-refractivity contribution in [2.45, 2.75) is 22.0 Å². The molecule has 0 saturated heterocycles. The maximum absolute atomic E-state index is 9.26. The summed E-state index contributed by atoms with van der Waals surface area (Å²) in [6.07, 6.45) is -1.76. The zero-order valence-electron chi connectivity index (χ0n) is 13.6. The summed E-state index contributed by atoms with van der Waals surface area (Å²) in [6.45, 7) is -0.552. The predicted molar refractivity (Wildman–Crippen MR) is 94.2 cm³/mol. The number of aliphatic hydroxyl groups excluding tert-OH is 4. The molecule has 2 unspecified atom stereocenters. The second kappa shape index (κ2) is 10.3. The van der Waals surface area contributed by atoms with Crippen molar-refractivity contribution in [3.63, 3.8) is 0 Å². The van der Waals surface area contributed by atoms with Crippen molar-refractivity contribution in [3.8, 4) is 11.5 Å². The molecule has 7 heteroatoms. The van der Waals surface area contributed by atoms with Crippen LogP contribution in [0.4, 0.5) is 0 Å². The minimum Gasteiger partial charge on any atom is -0.491 e. The molecular weight excluding hydrogens is 344 g/mol. The van der Waals surface area contributed by atoms with Crippen LogP contribution in [-0.4, -0.2) is 59.1 Å². The SMILES string of the molecule is OCC(O)COc1ccc(Sc2ccc(OCC(O)CO)cc2)cc1. The Morgan fingerprint density at radius 1 is 0.680 bits per heavy atom. The Balaban J connectivity index is 1.85. The Morgan fingerprint density at radius 2 is 1.04 bits per heavy atom. The number of hydrogen-bond acceptors (Lipinski definition) is 7. The molecule has 0 bridgehead atoms. The maximum Gasteiger partial charge on any atom is 0.119 e. The molecule has 2 rings (SSSR count). The summed E-state index contributed by atoms with van der Waals surface area (Å²) in [7, 11) is 0. The average Bonchev–Trinajstić information content (AvgIpc) is 2.66. The standard InChI is InChI=1S/C18H22O6S/c19-9-13(21)11-23-15-1-5-17(6-2-15)25-18-7-3-16(4-8-18)24-12-14(22)10-20/h1-8,13-14,19-22H,9-12H2. The summed E-state index contributed by atoms with van der Waals surface area (Å²) < 4.78 is 10.7. The fraction of sp³-hybridized carbons (Fsp3) is 0.333. The summed E-state index contributed by atoms with van der Waals surface area (Å²) in [6, 6.07) is 14.9. The van der Waals surface area contributed by atoms with E-state index in [2.05, 4.69) is 0 Å². The third-order valence-electron chi connectivity index (χ3n) is 3.19. The lowest BCUT2D eigenvalue weighted by molar-refractivity contribution is 0.0536. The van der Waals surface area contributed by atoms with Gasteiger partial charge in [-0.05, 0) is 48.5 Å². The van der Waals surface area contributed by atoms with E-state index in [-0.39, 0.29) is 26.4 Å². The van der Waals surface area contributed by atoms with Crippen molar-refractivity contribution >= 4 is 11.8 Å². The summed E-state index contributed by atoms with van der Waals surface area (Å²) in [5.41, 5.74) is 0. The zero-order chi connectivity index (χ0) is 18.1. The van der Waals surface area contributed by atoms with E-state index in [1.54, 1.807) is 36.0 Å². The van der Waals surface area contributed by atoms with Gasteiger partial charge in [-0.1, -0.05) is 11.8 Å². The fourth-order valence-corrected chi connectivity index (χ4v) is 2.65. The summed E-state index contributed by atoms with van der Waals surface area (Å²) in [4.78, 5) is 2.05. The summed E-state index contributed by atoms with van der Waals surface area (Å²) >= 11 is 1.57. The van der Waals surface area contributed by atoms with Gasteiger partial charge in [0, 0.05) is 9.79 Å². The highest BCUT2D eigenvalue weighted by molar-refractivity contribution is 7.99. The first-order chi connectivity index (χ1) is 12.1. The molecular formula is C18H22O6S. The van der Waals surface area contributed by atoms with E-state index in [0.717, 1.165) is 9.79 Å². The van der Waals surface area contributed by atoms with Crippen molar-refractivity contribution < 1.29 is 29.9 Å². The average molecular weight is 366 g/mol.